The molecule has 0 amide bonds. The molecule has 3 heterocycles. The van der Waals surface area contributed by atoms with Crippen LogP contribution in [0.15, 0.2) is 15.8 Å². The van der Waals surface area contributed by atoms with Crippen LogP contribution in [0.25, 0.3) is 5.52 Å². The summed E-state index contributed by atoms with van der Waals surface area (Å²) >= 11 is 0. The van der Waals surface area contributed by atoms with Crippen molar-refractivity contribution in [1.29, 1.82) is 0 Å². The van der Waals surface area contributed by atoms with E-state index in [1.54, 1.807) is 0 Å². The Morgan fingerprint density at radius 3 is 2.55 bits per heavy atom. The lowest BCUT2D eigenvalue weighted by atomic mass is 10.1. The summed E-state index contributed by atoms with van der Waals surface area (Å²) < 4.78 is 15.8. The van der Waals surface area contributed by atoms with E-state index in [1.807, 2.05) is 11.8 Å². The number of aromatic nitrogens is 2. The van der Waals surface area contributed by atoms with Gasteiger partial charge in [-0.2, -0.15) is 0 Å². The van der Waals surface area contributed by atoms with Gasteiger partial charge in [0.2, 0.25) is 0 Å². The maximum Gasteiger partial charge on any atom is 0.333 e. The molecule has 22 heavy (non-hydrogen) atoms. The van der Waals surface area contributed by atoms with E-state index in [0.29, 0.717) is 22.3 Å². The first-order chi connectivity index (χ1) is 10.6. The van der Waals surface area contributed by atoms with Gasteiger partial charge in [-0.15, -0.1) is 0 Å². The molecule has 1 N–H and O–H groups in total. The van der Waals surface area contributed by atoms with Crippen LogP contribution in [0, 0.1) is 12.7 Å². The highest BCUT2D eigenvalue weighted by Gasteiger charge is 2.31. The summed E-state index contributed by atoms with van der Waals surface area (Å²) in [6, 6.07) is 0. The summed E-state index contributed by atoms with van der Waals surface area (Å²) in [5, 5.41) is 0. The van der Waals surface area contributed by atoms with Crippen LogP contribution in [0.2, 0.25) is 0 Å². The minimum atomic E-state index is -0.570. The molecule has 0 aromatic carbocycles. The molecule has 0 unspecified atom stereocenters. The Morgan fingerprint density at radius 1 is 1.23 bits per heavy atom. The van der Waals surface area contributed by atoms with Crippen LogP contribution < -0.4 is 16.1 Å². The monoisotopic (exact) mass is 303 g/mol. The zero-order valence-corrected chi connectivity index (χ0v) is 12.5. The molecule has 6 heteroatoms. The van der Waals surface area contributed by atoms with E-state index in [4.69, 9.17) is 0 Å². The highest BCUT2D eigenvalue weighted by Crippen LogP contribution is 2.41. The number of pyridine rings is 1. The normalized spacial score (nSPS) is 18.4. The van der Waals surface area contributed by atoms with Gasteiger partial charge in [-0.25, -0.2) is 9.18 Å². The number of anilines is 1. The Hall–Kier alpha value is -2.11. The lowest BCUT2D eigenvalue weighted by Gasteiger charge is -2.23. The zero-order valence-electron chi connectivity index (χ0n) is 12.5. The molecule has 0 radical (unpaired) electrons. The summed E-state index contributed by atoms with van der Waals surface area (Å²) in [6.45, 7) is 3.46. The fourth-order valence-electron chi connectivity index (χ4n) is 3.61. The SMILES string of the molecule is Cc1c(N2CCCC2)c(F)cn2c(=O)[nH]c(=O)c(C3CC3)c12. The molecular weight excluding hydrogens is 285 g/mol. The fourth-order valence-corrected chi connectivity index (χ4v) is 3.61. The van der Waals surface area contributed by atoms with Gasteiger partial charge in [-0.05, 0) is 38.5 Å². The Kier molecular flexibility index (Phi) is 2.89. The van der Waals surface area contributed by atoms with E-state index >= 15 is 0 Å². The summed E-state index contributed by atoms with van der Waals surface area (Å²) in [4.78, 5) is 28.6. The largest absolute Gasteiger partial charge is 0.369 e. The molecule has 116 valence electrons. The smallest absolute Gasteiger partial charge is 0.333 e. The van der Waals surface area contributed by atoms with Crippen LogP contribution in [-0.4, -0.2) is 22.5 Å². The molecule has 2 aromatic heterocycles. The van der Waals surface area contributed by atoms with Gasteiger partial charge in [0.25, 0.3) is 5.56 Å². The fraction of sp³-hybridized carbons (Fsp3) is 0.500. The molecule has 1 aliphatic carbocycles. The second-order valence-corrected chi connectivity index (χ2v) is 6.31. The van der Waals surface area contributed by atoms with Gasteiger partial charge < -0.3 is 4.90 Å². The lowest BCUT2D eigenvalue weighted by molar-refractivity contribution is 0.610. The third-order valence-electron chi connectivity index (χ3n) is 4.77. The first kappa shape index (κ1) is 13.5. The minimum absolute atomic E-state index is 0.190. The van der Waals surface area contributed by atoms with Crippen molar-refractivity contribution in [1.82, 2.24) is 9.38 Å². The van der Waals surface area contributed by atoms with Gasteiger partial charge in [-0.3, -0.25) is 14.2 Å². The molecule has 0 spiro atoms. The number of hydrogen-bond donors (Lipinski definition) is 1. The van der Waals surface area contributed by atoms with E-state index in [1.165, 1.54) is 10.6 Å². The van der Waals surface area contributed by atoms with Gasteiger partial charge >= 0.3 is 5.69 Å². The van der Waals surface area contributed by atoms with Crippen molar-refractivity contribution in [2.45, 2.75) is 38.5 Å². The lowest BCUT2D eigenvalue weighted by Crippen LogP contribution is -2.31. The van der Waals surface area contributed by atoms with E-state index in [-0.39, 0.29) is 11.5 Å². The predicted molar refractivity (Wildman–Crippen MR) is 82.4 cm³/mol. The summed E-state index contributed by atoms with van der Waals surface area (Å²) in [5.74, 6) is -0.210. The Morgan fingerprint density at radius 2 is 1.91 bits per heavy atom. The average Bonchev–Trinajstić information content (AvgIpc) is 3.16. The molecule has 0 atom stereocenters. The number of nitrogens with one attached hydrogen (secondary N) is 1. The van der Waals surface area contributed by atoms with Gasteiger partial charge in [0.1, 0.15) is 0 Å². The molecule has 0 bridgehead atoms. The molecule has 4 rings (SSSR count). The minimum Gasteiger partial charge on any atom is -0.369 e. The number of hydrogen-bond acceptors (Lipinski definition) is 3. The molecule has 5 nitrogen and oxygen atoms in total. The van der Waals surface area contributed by atoms with Crippen LogP contribution in [0.4, 0.5) is 10.1 Å². The first-order valence-electron chi connectivity index (χ1n) is 7.80. The van der Waals surface area contributed by atoms with Crippen LogP contribution in [0.1, 0.15) is 42.7 Å². The van der Waals surface area contributed by atoms with Crippen LogP contribution >= 0.6 is 0 Å². The topological polar surface area (TPSA) is 57.6 Å². The maximum atomic E-state index is 14.6. The first-order valence-corrected chi connectivity index (χ1v) is 7.80. The van der Waals surface area contributed by atoms with Crippen LogP contribution in [-0.2, 0) is 0 Å². The molecule has 2 aromatic rings. The van der Waals surface area contributed by atoms with Crippen molar-refractivity contribution in [2.24, 2.45) is 0 Å². The molecular formula is C16H18FN3O2. The van der Waals surface area contributed by atoms with Crippen molar-refractivity contribution < 1.29 is 4.39 Å². The van der Waals surface area contributed by atoms with Crippen molar-refractivity contribution in [2.75, 3.05) is 18.0 Å². The number of halogens is 1. The van der Waals surface area contributed by atoms with Gasteiger partial charge in [0.15, 0.2) is 5.82 Å². The maximum absolute atomic E-state index is 14.6. The number of fused-ring (bicyclic) bond motifs is 1. The molecule has 2 aliphatic rings. The van der Waals surface area contributed by atoms with Gasteiger partial charge in [-0.1, -0.05) is 0 Å². The Labute approximate surface area is 126 Å². The number of nitrogens with zero attached hydrogens (tertiary/aromatic N) is 2. The predicted octanol–water partition coefficient (Wildman–Crippen LogP) is 1.91. The quantitative estimate of drug-likeness (QED) is 0.922. The van der Waals surface area contributed by atoms with E-state index < -0.39 is 11.5 Å². The van der Waals surface area contributed by atoms with Crippen molar-refractivity contribution in [3.63, 3.8) is 0 Å². The molecule has 1 saturated heterocycles. The van der Waals surface area contributed by atoms with Crippen molar-refractivity contribution in [3.8, 4) is 0 Å². The molecule has 1 aliphatic heterocycles. The summed E-state index contributed by atoms with van der Waals surface area (Å²) in [7, 11) is 0. The highest BCUT2D eigenvalue weighted by molar-refractivity contribution is 5.72. The highest BCUT2D eigenvalue weighted by atomic mass is 19.1. The number of aromatic amines is 1. The standard InChI is InChI=1S/C16H18FN3O2/c1-9-13(19-6-2-3-7-19)11(17)8-20-14(9)12(10-4-5-10)15(21)18-16(20)22/h8,10H,2-7H2,1H3,(H,18,21,22). The van der Waals surface area contributed by atoms with Crippen LogP contribution in [0.5, 0.6) is 0 Å². The Balaban J connectivity index is 2.09. The molecule has 1 saturated carbocycles. The zero-order chi connectivity index (χ0) is 15.4. The second-order valence-electron chi connectivity index (χ2n) is 6.31. The number of aryl methyl sites for hydroxylation is 1. The van der Waals surface area contributed by atoms with Gasteiger partial charge in [0, 0.05) is 24.2 Å². The average molecular weight is 303 g/mol. The molecule has 2 fully saturated rings. The van der Waals surface area contributed by atoms with Gasteiger partial charge in [0.05, 0.1) is 17.4 Å². The third-order valence-corrected chi connectivity index (χ3v) is 4.77. The summed E-state index contributed by atoms with van der Waals surface area (Å²) in [5.41, 5.74) is 1.59. The number of H-pyrrole nitrogens is 1. The number of rotatable bonds is 2. The van der Waals surface area contributed by atoms with Crippen molar-refractivity contribution in [3.05, 3.63) is 44.0 Å². The Bertz CT molecular complexity index is 874. The van der Waals surface area contributed by atoms with E-state index in [2.05, 4.69) is 4.98 Å². The van der Waals surface area contributed by atoms with E-state index in [9.17, 15) is 14.0 Å². The van der Waals surface area contributed by atoms with Crippen molar-refractivity contribution >= 4 is 11.2 Å². The second kappa shape index (κ2) is 4.69. The summed E-state index contributed by atoms with van der Waals surface area (Å²) in [6.07, 6.45) is 5.21. The van der Waals surface area contributed by atoms with Crippen LogP contribution in [0.3, 0.4) is 0 Å². The van der Waals surface area contributed by atoms with E-state index in [0.717, 1.165) is 38.8 Å². The third kappa shape index (κ3) is 1.90.